The van der Waals surface area contributed by atoms with Crippen LogP contribution in [0.15, 0.2) is 22.7 Å². The van der Waals surface area contributed by atoms with Crippen molar-refractivity contribution in [2.24, 2.45) is 5.92 Å². The topological polar surface area (TPSA) is 69.6 Å². The molecule has 5 nitrogen and oxygen atoms in total. The first-order chi connectivity index (χ1) is 10.0. The molecule has 0 spiro atoms. The lowest BCUT2D eigenvalue weighted by Crippen LogP contribution is -2.41. The van der Waals surface area contributed by atoms with E-state index in [9.17, 15) is 9.59 Å². The van der Waals surface area contributed by atoms with Gasteiger partial charge < -0.3 is 15.3 Å². The number of carboxylic acid groups (broad SMARTS) is 1. The molecule has 0 aliphatic carbocycles. The molecular formula is C15H19BrN2O3. The lowest BCUT2D eigenvalue weighted by Gasteiger charge is -2.31. The van der Waals surface area contributed by atoms with Crippen LogP contribution in [0.25, 0.3) is 0 Å². The monoisotopic (exact) mass is 354 g/mol. The molecule has 114 valence electrons. The van der Waals surface area contributed by atoms with Crippen molar-refractivity contribution < 1.29 is 14.7 Å². The van der Waals surface area contributed by atoms with Crippen molar-refractivity contribution >= 4 is 33.6 Å². The second kappa shape index (κ2) is 6.93. The summed E-state index contributed by atoms with van der Waals surface area (Å²) in [6, 6.07) is 4.41. The van der Waals surface area contributed by atoms with E-state index in [4.69, 9.17) is 5.11 Å². The molecular weight excluding hydrogens is 336 g/mol. The predicted molar refractivity (Wildman–Crippen MR) is 84.7 cm³/mol. The standard InChI is InChI=1S/C15H19BrN2O3/c1-2-10-5-7-18(8-6-10)15(21)17-13-9-11(14(19)20)3-4-12(13)16/h3-4,9-10H,2,5-8H2,1H3,(H,17,21)(H,19,20). The van der Waals surface area contributed by atoms with Crippen molar-refractivity contribution in [1.82, 2.24) is 4.90 Å². The number of aromatic carboxylic acids is 1. The van der Waals surface area contributed by atoms with E-state index in [-0.39, 0.29) is 11.6 Å². The Morgan fingerprint density at radius 1 is 1.38 bits per heavy atom. The summed E-state index contributed by atoms with van der Waals surface area (Å²) >= 11 is 3.33. The quantitative estimate of drug-likeness (QED) is 0.867. The lowest BCUT2D eigenvalue weighted by atomic mass is 9.95. The van der Waals surface area contributed by atoms with Gasteiger partial charge in [0.05, 0.1) is 11.3 Å². The summed E-state index contributed by atoms with van der Waals surface area (Å²) in [5, 5.41) is 11.8. The molecule has 1 fully saturated rings. The third-order valence-electron chi connectivity index (χ3n) is 3.93. The zero-order valence-corrected chi connectivity index (χ0v) is 13.5. The van der Waals surface area contributed by atoms with Crippen LogP contribution >= 0.6 is 15.9 Å². The maximum absolute atomic E-state index is 12.2. The summed E-state index contributed by atoms with van der Waals surface area (Å²) in [6.45, 7) is 3.68. The number of benzene rings is 1. The number of nitrogens with zero attached hydrogens (tertiary/aromatic N) is 1. The van der Waals surface area contributed by atoms with Crippen LogP contribution in [-0.2, 0) is 0 Å². The molecule has 6 heteroatoms. The molecule has 1 aromatic rings. The van der Waals surface area contributed by atoms with Crippen LogP contribution in [0.1, 0.15) is 36.5 Å². The van der Waals surface area contributed by atoms with Crippen molar-refractivity contribution in [3.8, 4) is 0 Å². The molecule has 2 rings (SSSR count). The number of carbonyl (C=O) groups excluding carboxylic acids is 1. The maximum atomic E-state index is 12.2. The normalized spacial score (nSPS) is 15.8. The Hall–Kier alpha value is -1.56. The molecule has 0 aromatic heterocycles. The van der Waals surface area contributed by atoms with E-state index in [2.05, 4.69) is 28.2 Å². The molecule has 0 atom stereocenters. The number of halogens is 1. The summed E-state index contributed by atoms with van der Waals surface area (Å²) in [4.78, 5) is 25.0. The zero-order valence-electron chi connectivity index (χ0n) is 11.9. The second-order valence-corrected chi connectivity index (χ2v) is 6.12. The minimum absolute atomic E-state index is 0.151. The van der Waals surface area contributed by atoms with Crippen LogP contribution < -0.4 is 5.32 Å². The highest BCUT2D eigenvalue weighted by atomic mass is 79.9. The summed E-state index contributed by atoms with van der Waals surface area (Å²) < 4.78 is 0.671. The Bertz CT molecular complexity index is 540. The third kappa shape index (κ3) is 3.97. The number of hydrogen-bond acceptors (Lipinski definition) is 2. The van der Waals surface area contributed by atoms with Gasteiger partial charge in [0.15, 0.2) is 0 Å². The van der Waals surface area contributed by atoms with E-state index in [0.717, 1.165) is 32.4 Å². The molecule has 1 aromatic carbocycles. The van der Waals surface area contributed by atoms with E-state index in [1.165, 1.54) is 12.1 Å². The summed E-state index contributed by atoms with van der Waals surface area (Å²) in [7, 11) is 0. The first-order valence-electron chi connectivity index (χ1n) is 7.10. The van der Waals surface area contributed by atoms with E-state index in [0.29, 0.717) is 16.1 Å². The number of nitrogens with one attached hydrogen (secondary N) is 1. The first-order valence-corrected chi connectivity index (χ1v) is 7.89. The van der Waals surface area contributed by atoms with Crippen molar-refractivity contribution in [3.05, 3.63) is 28.2 Å². The molecule has 1 aliphatic heterocycles. The highest BCUT2D eigenvalue weighted by Crippen LogP contribution is 2.25. The summed E-state index contributed by atoms with van der Waals surface area (Å²) in [6.07, 6.45) is 3.21. The van der Waals surface area contributed by atoms with Gasteiger partial charge in [-0.1, -0.05) is 13.3 Å². The average molecular weight is 355 g/mol. The fourth-order valence-corrected chi connectivity index (χ4v) is 2.84. The Morgan fingerprint density at radius 2 is 2.05 bits per heavy atom. The second-order valence-electron chi connectivity index (χ2n) is 5.27. The van der Waals surface area contributed by atoms with Crippen molar-refractivity contribution in [2.45, 2.75) is 26.2 Å². The minimum atomic E-state index is -1.01. The Kier molecular flexibility index (Phi) is 5.22. The Morgan fingerprint density at radius 3 is 2.62 bits per heavy atom. The maximum Gasteiger partial charge on any atom is 0.335 e. The van der Waals surface area contributed by atoms with Crippen LogP contribution in [0.3, 0.4) is 0 Å². The lowest BCUT2D eigenvalue weighted by molar-refractivity contribution is 0.0697. The number of urea groups is 1. The number of anilines is 1. The van der Waals surface area contributed by atoms with Gasteiger partial charge in [-0.2, -0.15) is 0 Å². The van der Waals surface area contributed by atoms with Crippen LogP contribution in [0.4, 0.5) is 10.5 Å². The minimum Gasteiger partial charge on any atom is -0.478 e. The van der Waals surface area contributed by atoms with Crippen molar-refractivity contribution in [2.75, 3.05) is 18.4 Å². The fraction of sp³-hybridized carbons (Fsp3) is 0.467. The number of rotatable bonds is 3. The smallest absolute Gasteiger partial charge is 0.335 e. The van der Waals surface area contributed by atoms with Gasteiger partial charge in [-0.25, -0.2) is 9.59 Å². The van der Waals surface area contributed by atoms with Crippen molar-refractivity contribution in [3.63, 3.8) is 0 Å². The number of likely N-dealkylation sites (tertiary alicyclic amines) is 1. The van der Waals surface area contributed by atoms with Crippen LogP contribution in [0.5, 0.6) is 0 Å². The number of hydrogen-bond donors (Lipinski definition) is 2. The van der Waals surface area contributed by atoms with E-state index < -0.39 is 5.97 Å². The van der Waals surface area contributed by atoms with Gasteiger partial charge in [0, 0.05) is 17.6 Å². The zero-order chi connectivity index (χ0) is 15.4. The van der Waals surface area contributed by atoms with Gasteiger partial charge >= 0.3 is 12.0 Å². The summed E-state index contributed by atoms with van der Waals surface area (Å²) in [5.41, 5.74) is 0.635. The fourth-order valence-electron chi connectivity index (χ4n) is 2.49. The number of piperidine rings is 1. The van der Waals surface area contributed by atoms with Gasteiger partial charge in [-0.3, -0.25) is 0 Å². The average Bonchev–Trinajstić information content (AvgIpc) is 2.49. The van der Waals surface area contributed by atoms with E-state index in [1.54, 1.807) is 11.0 Å². The Labute approximate surface area is 132 Å². The molecule has 0 bridgehead atoms. The van der Waals surface area contributed by atoms with E-state index in [1.807, 2.05) is 0 Å². The molecule has 0 radical (unpaired) electrons. The predicted octanol–water partition coefficient (Wildman–Crippen LogP) is 3.80. The van der Waals surface area contributed by atoms with Crippen LogP contribution in [0, 0.1) is 5.92 Å². The van der Waals surface area contributed by atoms with Gasteiger partial charge in [-0.15, -0.1) is 0 Å². The molecule has 0 unspecified atom stereocenters. The SMILES string of the molecule is CCC1CCN(C(=O)Nc2cc(C(=O)O)ccc2Br)CC1. The highest BCUT2D eigenvalue weighted by molar-refractivity contribution is 9.10. The molecule has 2 N–H and O–H groups in total. The number of amides is 2. The first kappa shape index (κ1) is 15.8. The molecule has 0 saturated carbocycles. The molecule has 1 saturated heterocycles. The van der Waals surface area contributed by atoms with Gasteiger partial charge in [0.2, 0.25) is 0 Å². The third-order valence-corrected chi connectivity index (χ3v) is 4.63. The molecule has 1 heterocycles. The van der Waals surface area contributed by atoms with Crippen molar-refractivity contribution in [1.29, 1.82) is 0 Å². The van der Waals surface area contributed by atoms with Crippen LogP contribution in [0.2, 0.25) is 0 Å². The summed E-state index contributed by atoms with van der Waals surface area (Å²) in [5.74, 6) is -0.308. The van der Waals surface area contributed by atoms with E-state index >= 15 is 0 Å². The highest BCUT2D eigenvalue weighted by Gasteiger charge is 2.22. The number of carboxylic acids is 1. The Balaban J connectivity index is 2.03. The number of carbonyl (C=O) groups is 2. The molecule has 2 amide bonds. The largest absolute Gasteiger partial charge is 0.478 e. The van der Waals surface area contributed by atoms with Gasteiger partial charge in [0.25, 0.3) is 0 Å². The van der Waals surface area contributed by atoms with Gasteiger partial charge in [0.1, 0.15) is 0 Å². The molecule has 1 aliphatic rings. The van der Waals surface area contributed by atoms with Gasteiger partial charge in [-0.05, 0) is 52.9 Å². The van der Waals surface area contributed by atoms with Crippen LogP contribution in [-0.4, -0.2) is 35.1 Å². The molecule has 21 heavy (non-hydrogen) atoms.